The van der Waals surface area contributed by atoms with E-state index in [1.54, 1.807) is 0 Å². The topological polar surface area (TPSA) is 84.7 Å². The van der Waals surface area contributed by atoms with Crippen LogP contribution in [0.1, 0.15) is 29.8 Å². The number of amides is 2. The number of nitrogens with one attached hydrogen (secondary N) is 1. The molecule has 1 atom stereocenters. The normalized spacial score (nSPS) is 18.8. The highest BCUT2D eigenvalue weighted by Gasteiger charge is 2.24. The minimum absolute atomic E-state index is 0.0578. The van der Waals surface area contributed by atoms with E-state index in [9.17, 15) is 9.59 Å². The highest BCUT2D eigenvalue weighted by Crippen LogP contribution is 2.12. The average molecular weight is 319 g/mol. The van der Waals surface area contributed by atoms with Gasteiger partial charge in [-0.15, -0.1) is 0 Å². The van der Waals surface area contributed by atoms with E-state index < -0.39 is 12.0 Å². The number of hydrogen-bond donors (Lipinski definition) is 2. The van der Waals surface area contributed by atoms with Gasteiger partial charge in [-0.05, 0) is 23.6 Å². The summed E-state index contributed by atoms with van der Waals surface area (Å²) in [4.78, 5) is 25.5. The second-order valence-corrected chi connectivity index (χ2v) is 6.30. The Morgan fingerprint density at radius 2 is 2.22 bits per heavy atom. The second kappa shape index (κ2) is 8.08. The molecule has 1 aliphatic heterocycles. The lowest BCUT2D eigenvalue weighted by Crippen LogP contribution is -2.47. The van der Waals surface area contributed by atoms with Crippen molar-refractivity contribution in [1.82, 2.24) is 10.2 Å². The average Bonchev–Trinajstić information content (AvgIpc) is 2.53. The monoisotopic (exact) mass is 319 g/mol. The van der Waals surface area contributed by atoms with Gasteiger partial charge in [0.25, 0.3) is 5.91 Å². The Morgan fingerprint density at radius 1 is 1.43 bits per heavy atom. The molecule has 3 N–H and O–H groups in total. The molecule has 2 rings (SSSR count). The van der Waals surface area contributed by atoms with Crippen molar-refractivity contribution in [2.75, 3.05) is 26.2 Å². The van der Waals surface area contributed by atoms with Gasteiger partial charge in [0.2, 0.25) is 5.91 Å². The van der Waals surface area contributed by atoms with E-state index in [-0.39, 0.29) is 5.91 Å². The molecule has 0 spiro atoms. The molecule has 0 unspecified atom stereocenters. The quantitative estimate of drug-likeness (QED) is 0.811. The molecule has 126 valence electrons. The van der Waals surface area contributed by atoms with Crippen LogP contribution in [0.3, 0.4) is 0 Å². The van der Waals surface area contributed by atoms with E-state index in [0.29, 0.717) is 37.7 Å². The van der Waals surface area contributed by atoms with Crippen molar-refractivity contribution in [3.63, 3.8) is 0 Å². The molecule has 1 aromatic carbocycles. The largest absolute Gasteiger partial charge is 0.367 e. The van der Waals surface area contributed by atoms with Crippen molar-refractivity contribution < 1.29 is 14.3 Å². The fraction of sp³-hybridized carbons (Fsp3) is 0.529. The molecule has 1 heterocycles. The summed E-state index contributed by atoms with van der Waals surface area (Å²) >= 11 is 0. The van der Waals surface area contributed by atoms with Gasteiger partial charge in [-0.3, -0.25) is 14.5 Å². The first-order valence-corrected chi connectivity index (χ1v) is 7.96. The fourth-order valence-electron chi connectivity index (χ4n) is 2.49. The van der Waals surface area contributed by atoms with Crippen molar-refractivity contribution in [2.24, 2.45) is 11.7 Å². The van der Waals surface area contributed by atoms with Crippen LogP contribution in [-0.2, 0) is 16.1 Å². The van der Waals surface area contributed by atoms with Gasteiger partial charge in [0, 0.05) is 31.7 Å². The Labute approximate surface area is 137 Å². The lowest BCUT2D eigenvalue weighted by molar-refractivity contribution is -0.135. The number of carbonyl (C=O) groups excluding carboxylic acids is 2. The molecule has 0 bridgehead atoms. The maximum Gasteiger partial charge on any atom is 0.251 e. The van der Waals surface area contributed by atoms with Crippen molar-refractivity contribution >= 4 is 11.8 Å². The van der Waals surface area contributed by atoms with Gasteiger partial charge < -0.3 is 15.8 Å². The van der Waals surface area contributed by atoms with Gasteiger partial charge in [-0.25, -0.2) is 0 Å². The van der Waals surface area contributed by atoms with E-state index in [4.69, 9.17) is 10.5 Å². The number of primary amides is 1. The minimum Gasteiger partial charge on any atom is -0.367 e. The predicted molar refractivity (Wildman–Crippen MR) is 87.8 cm³/mol. The fourth-order valence-corrected chi connectivity index (χ4v) is 2.49. The van der Waals surface area contributed by atoms with Crippen LogP contribution in [0.15, 0.2) is 24.3 Å². The van der Waals surface area contributed by atoms with Crippen molar-refractivity contribution in [3.05, 3.63) is 35.4 Å². The molecule has 6 nitrogen and oxygen atoms in total. The molecule has 6 heteroatoms. The van der Waals surface area contributed by atoms with Crippen LogP contribution in [0.4, 0.5) is 0 Å². The number of benzene rings is 1. The van der Waals surface area contributed by atoms with E-state index in [0.717, 1.165) is 12.1 Å². The molecule has 0 aromatic heterocycles. The van der Waals surface area contributed by atoms with Crippen LogP contribution in [0.2, 0.25) is 0 Å². The van der Waals surface area contributed by atoms with Gasteiger partial charge in [0.05, 0.1) is 6.61 Å². The molecule has 1 saturated heterocycles. The van der Waals surface area contributed by atoms with Crippen molar-refractivity contribution in [3.8, 4) is 0 Å². The third-order valence-electron chi connectivity index (χ3n) is 3.73. The Morgan fingerprint density at radius 3 is 2.91 bits per heavy atom. The first kappa shape index (κ1) is 17.4. The van der Waals surface area contributed by atoms with E-state index >= 15 is 0 Å². The molecule has 0 radical (unpaired) electrons. The summed E-state index contributed by atoms with van der Waals surface area (Å²) in [6.07, 6.45) is -0.554. The molecule has 1 aliphatic rings. The predicted octanol–water partition coefficient (Wildman–Crippen LogP) is 0.759. The molecule has 0 saturated carbocycles. The van der Waals surface area contributed by atoms with Crippen LogP contribution in [0.5, 0.6) is 0 Å². The Hall–Kier alpha value is -1.92. The standard InChI is InChI=1S/C17H25N3O3/c1-12(2)9-19-17(22)14-5-3-4-13(8-14)10-20-6-7-23-15(11-20)16(18)21/h3-5,8,12,15H,6-7,9-11H2,1-2H3,(H2,18,21)(H,19,22)/t15-/m0/s1. The smallest absolute Gasteiger partial charge is 0.251 e. The van der Waals surface area contributed by atoms with Crippen LogP contribution in [0, 0.1) is 5.92 Å². The Balaban J connectivity index is 1.97. The maximum absolute atomic E-state index is 12.1. The van der Waals surface area contributed by atoms with Gasteiger partial charge in [0.1, 0.15) is 6.10 Å². The van der Waals surface area contributed by atoms with E-state index in [1.807, 2.05) is 24.3 Å². The van der Waals surface area contributed by atoms with Gasteiger partial charge in [-0.2, -0.15) is 0 Å². The molecule has 23 heavy (non-hydrogen) atoms. The summed E-state index contributed by atoms with van der Waals surface area (Å²) < 4.78 is 5.34. The van der Waals surface area contributed by atoms with Crippen LogP contribution in [-0.4, -0.2) is 49.1 Å². The summed E-state index contributed by atoms with van der Waals surface area (Å²) in [7, 11) is 0. The number of nitrogens with zero attached hydrogens (tertiary/aromatic N) is 1. The number of morpholine rings is 1. The molecule has 2 amide bonds. The third kappa shape index (κ3) is 5.33. The summed E-state index contributed by atoms with van der Waals surface area (Å²) in [6.45, 7) is 7.16. The molecular formula is C17H25N3O3. The van der Waals surface area contributed by atoms with Crippen LogP contribution >= 0.6 is 0 Å². The number of ether oxygens (including phenoxy) is 1. The SMILES string of the molecule is CC(C)CNC(=O)c1cccc(CN2CCO[C@H](C(N)=O)C2)c1. The first-order valence-electron chi connectivity index (χ1n) is 7.96. The zero-order valence-electron chi connectivity index (χ0n) is 13.7. The Bertz CT molecular complexity index is 560. The summed E-state index contributed by atoms with van der Waals surface area (Å²) in [6, 6.07) is 7.56. The number of rotatable bonds is 6. The van der Waals surface area contributed by atoms with Crippen LogP contribution < -0.4 is 11.1 Å². The minimum atomic E-state index is -0.554. The molecule has 0 aliphatic carbocycles. The Kier molecular flexibility index (Phi) is 6.12. The highest BCUT2D eigenvalue weighted by atomic mass is 16.5. The maximum atomic E-state index is 12.1. The zero-order valence-corrected chi connectivity index (χ0v) is 13.7. The summed E-state index contributed by atoms with van der Waals surface area (Å²) in [5.74, 6) is -0.0738. The van der Waals surface area contributed by atoms with Gasteiger partial charge in [0.15, 0.2) is 0 Å². The first-order chi connectivity index (χ1) is 11.0. The zero-order chi connectivity index (χ0) is 16.8. The van der Waals surface area contributed by atoms with E-state index in [2.05, 4.69) is 24.1 Å². The van der Waals surface area contributed by atoms with Gasteiger partial charge >= 0.3 is 0 Å². The number of carbonyl (C=O) groups is 2. The molecular weight excluding hydrogens is 294 g/mol. The van der Waals surface area contributed by atoms with E-state index in [1.165, 1.54) is 0 Å². The number of nitrogens with two attached hydrogens (primary N) is 1. The number of hydrogen-bond acceptors (Lipinski definition) is 4. The lowest BCUT2D eigenvalue weighted by Gasteiger charge is -2.31. The highest BCUT2D eigenvalue weighted by molar-refractivity contribution is 5.94. The van der Waals surface area contributed by atoms with Gasteiger partial charge in [-0.1, -0.05) is 26.0 Å². The van der Waals surface area contributed by atoms with Crippen molar-refractivity contribution in [1.29, 1.82) is 0 Å². The molecule has 1 fully saturated rings. The van der Waals surface area contributed by atoms with Crippen LogP contribution in [0.25, 0.3) is 0 Å². The second-order valence-electron chi connectivity index (χ2n) is 6.30. The molecule has 1 aromatic rings. The van der Waals surface area contributed by atoms with Crippen molar-refractivity contribution in [2.45, 2.75) is 26.5 Å². The lowest BCUT2D eigenvalue weighted by atomic mass is 10.1. The third-order valence-corrected chi connectivity index (χ3v) is 3.73. The summed E-state index contributed by atoms with van der Waals surface area (Å²) in [5, 5.41) is 2.92. The summed E-state index contributed by atoms with van der Waals surface area (Å²) in [5.41, 5.74) is 6.99.